The van der Waals surface area contributed by atoms with Crippen molar-refractivity contribution in [3.8, 4) is 11.4 Å². The van der Waals surface area contributed by atoms with Crippen molar-refractivity contribution in [1.29, 1.82) is 0 Å². The zero-order valence-electron chi connectivity index (χ0n) is 19.8. The van der Waals surface area contributed by atoms with Crippen molar-refractivity contribution in [2.45, 2.75) is 37.8 Å². The van der Waals surface area contributed by atoms with Gasteiger partial charge in [0.25, 0.3) is 0 Å². The molecule has 0 aliphatic rings. The van der Waals surface area contributed by atoms with Gasteiger partial charge in [-0.1, -0.05) is 47.7 Å². The summed E-state index contributed by atoms with van der Waals surface area (Å²) in [5, 5.41) is 11.8. The Bertz CT molecular complexity index is 1300. The van der Waals surface area contributed by atoms with Gasteiger partial charge in [-0.2, -0.15) is 0 Å². The normalized spacial score (nSPS) is 11.6. The van der Waals surface area contributed by atoms with Crippen LogP contribution in [0.5, 0.6) is 5.75 Å². The zero-order chi connectivity index (χ0) is 24.8. The molecule has 4 aromatic rings. The third kappa shape index (κ3) is 6.16. The summed E-state index contributed by atoms with van der Waals surface area (Å²) in [4.78, 5) is 24.3. The molecule has 0 saturated carbocycles. The molecular formula is C27H26N4O3S. The first kappa shape index (κ1) is 24.2. The number of Topliss-reactive ketones (excluding diaryl/α,β-unsaturated/α-hetero) is 1. The van der Waals surface area contributed by atoms with Crippen molar-refractivity contribution in [2.75, 3.05) is 5.32 Å². The van der Waals surface area contributed by atoms with Gasteiger partial charge in [0.1, 0.15) is 12.4 Å². The summed E-state index contributed by atoms with van der Waals surface area (Å²) in [7, 11) is 0. The van der Waals surface area contributed by atoms with E-state index in [1.54, 1.807) is 24.3 Å². The first-order chi connectivity index (χ1) is 16.9. The Balaban J connectivity index is 1.52. The summed E-state index contributed by atoms with van der Waals surface area (Å²) in [6.07, 6.45) is 0. The molecule has 1 N–H and O–H groups in total. The van der Waals surface area contributed by atoms with E-state index < -0.39 is 5.25 Å². The Morgan fingerprint density at radius 2 is 1.66 bits per heavy atom. The lowest BCUT2D eigenvalue weighted by atomic mass is 10.1. The topological polar surface area (TPSA) is 86.1 Å². The quantitative estimate of drug-likeness (QED) is 0.249. The molecule has 35 heavy (non-hydrogen) atoms. The first-order valence-electron chi connectivity index (χ1n) is 11.2. The van der Waals surface area contributed by atoms with Crippen LogP contribution in [0.2, 0.25) is 0 Å². The van der Waals surface area contributed by atoms with Crippen LogP contribution in [-0.4, -0.2) is 31.7 Å². The Morgan fingerprint density at radius 1 is 0.971 bits per heavy atom. The molecule has 1 aromatic heterocycles. The highest BCUT2D eigenvalue weighted by atomic mass is 32.2. The van der Waals surface area contributed by atoms with Crippen LogP contribution >= 0.6 is 11.8 Å². The monoisotopic (exact) mass is 486 g/mol. The van der Waals surface area contributed by atoms with Crippen molar-refractivity contribution in [3.63, 3.8) is 0 Å². The van der Waals surface area contributed by atoms with E-state index in [-0.39, 0.29) is 18.3 Å². The molecule has 0 bridgehead atoms. The third-order valence-corrected chi connectivity index (χ3v) is 6.36. The van der Waals surface area contributed by atoms with Gasteiger partial charge in [0.05, 0.1) is 5.25 Å². The van der Waals surface area contributed by atoms with Crippen molar-refractivity contribution >= 4 is 29.1 Å². The average molecular weight is 487 g/mol. The number of aryl methyl sites for hydroxylation is 1. The van der Waals surface area contributed by atoms with Crippen LogP contribution in [0.4, 0.5) is 5.69 Å². The van der Waals surface area contributed by atoms with Crippen molar-refractivity contribution in [2.24, 2.45) is 0 Å². The van der Waals surface area contributed by atoms with Gasteiger partial charge in [-0.25, -0.2) is 0 Å². The summed E-state index contributed by atoms with van der Waals surface area (Å²) in [5.74, 6) is 1.18. The number of aromatic nitrogens is 3. The fraction of sp³-hybridized carbons (Fsp3) is 0.185. The largest absolute Gasteiger partial charge is 0.486 e. The second-order valence-corrected chi connectivity index (χ2v) is 9.36. The third-order valence-electron chi connectivity index (χ3n) is 5.31. The molecule has 1 unspecified atom stereocenters. The van der Waals surface area contributed by atoms with E-state index in [2.05, 4.69) is 15.5 Å². The van der Waals surface area contributed by atoms with Gasteiger partial charge in [-0.15, -0.1) is 10.2 Å². The number of thioether (sulfide) groups is 1. The molecule has 0 fully saturated rings. The SMILES string of the molecule is CC(=O)c1ccc(NC(=O)C(C)Sc2nnc(COc3ccccc3)n2-c2ccc(C)cc2)cc1. The highest BCUT2D eigenvalue weighted by Crippen LogP contribution is 2.27. The van der Waals surface area contributed by atoms with Crippen LogP contribution in [0.3, 0.4) is 0 Å². The van der Waals surface area contributed by atoms with Crippen LogP contribution in [-0.2, 0) is 11.4 Å². The lowest BCUT2D eigenvalue weighted by Crippen LogP contribution is -2.23. The molecule has 4 rings (SSSR count). The number of hydrogen-bond acceptors (Lipinski definition) is 6. The highest BCUT2D eigenvalue weighted by Gasteiger charge is 2.22. The molecule has 0 aliphatic heterocycles. The Morgan fingerprint density at radius 3 is 2.31 bits per heavy atom. The number of hydrogen-bond donors (Lipinski definition) is 1. The Hall–Kier alpha value is -3.91. The Labute approximate surface area is 208 Å². The van der Waals surface area contributed by atoms with Crippen molar-refractivity contribution in [1.82, 2.24) is 14.8 Å². The number of nitrogens with one attached hydrogen (secondary N) is 1. The molecule has 178 valence electrons. The summed E-state index contributed by atoms with van der Waals surface area (Å²) in [5.41, 5.74) is 3.26. The van der Waals surface area contributed by atoms with Gasteiger partial charge < -0.3 is 10.1 Å². The number of amides is 1. The number of carbonyl (C=O) groups excluding carboxylic acids is 2. The molecule has 1 amide bonds. The van der Waals surface area contributed by atoms with E-state index in [0.29, 0.717) is 22.2 Å². The van der Waals surface area contributed by atoms with Crippen LogP contribution < -0.4 is 10.1 Å². The predicted octanol–water partition coefficient (Wildman–Crippen LogP) is 5.48. The van der Waals surface area contributed by atoms with Gasteiger partial charge >= 0.3 is 0 Å². The molecular weight excluding hydrogens is 460 g/mol. The van der Waals surface area contributed by atoms with E-state index in [1.807, 2.05) is 73.0 Å². The minimum absolute atomic E-state index is 0.0192. The molecule has 0 spiro atoms. The van der Waals surface area contributed by atoms with E-state index in [9.17, 15) is 9.59 Å². The number of rotatable bonds is 9. The number of benzene rings is 3. The lowest BCUT2D eigenvalue weighted by molar-refractivity contribution is -0.115. The first-order valence-corrected chi connectivity index (χ1v) is 12.1. The summed E-state index contributed by atoms with van der Waals surface area (Å²) in [6, 6.07) is 24.4. The van der Waals surface area contributed by atoms with Crippen LogP contribution in [0, 0.1) is 6.92 Å². The maximum Gasteiger partial charge on any atom is 0.237 e. The highest BCUT2D eigenvalue weighted by molar-refractivity contribution is 8.00. The van der Waals surface area contributed by atoms with Gasteiger partial charge in [0.2, 0.25) is 5.91 Å². The summed E-state index contributed by atoms with van der Waals surface area (Å²) in [6.45, 7) is 5.59. The number of ether oxygens (including phenoxy) is 1. The van der Waals surface area contributed by atoms with E-state index in [4.69, 9.17) is 4.74 Å². The minimum Gasteiger partial charge on any atom is -0.486 e. The fourth-order valence-electron chi connectivity index (χ4n) is 3.33. The zero-order valence-corrected chi connectivity index (χ0v) is 20.6. The fourth-order valence-corrected chi connectivity index (χ4v) is 4.22. The predicted molar refractivity (Wildman–Crippen MR) is 137 cm³/mol. The molecule has 0 radical (unpaired) electrons. The minimum atomic E-state index is -0.446. The van der Waals surface area contributed by atoms with E-state index in [1.165, 1.54) is 18.7 Å². The summed E-state index contributed by atoms with van der Waals surface area (Å²) >= 11 is 1.31. The second kappa shape index (κ2) is 11.0. The molecule has 0 saturated heterocycles. The molecule has 1 heterocycles. The van der Waals surface area contributed by atoms with E-state index in [0.717, 1.165) is 17.0 Å². The summed E-state index contributed by atoms with van der Waals surface area (Å²) < 4.78 is 7.83. The van der Waals surface area contributed by atoms with Gasteiger partial charge in [0.15, 0.2) is 16.8 Å². The Kier molecular flexibility index (Phi) is 7.62. The number of anilines is 1. The van der Waals surface area contributed by atoms with Gasteiger partial charge in [-0.05, 0) is 69.3 Å². The van der Waals surface area contributed by atoms with E-state index >= 15 is 0 Å². The van der Waals surface area contributed by atoms with Crippen LogP contribution in [0.15, 0.2) is 84.0 Å². The average Bonchev–Trinajstić information content (AvgIpc) is 3.26. The maximum atomic E-state index is 12.9. The van der Waals surface area contributed by atoms with Gasteiger partial charge in [0, 0.05) is 16.9 Å². The lowest BCUT2D eigenvalue weighted by Gasteiger charge is -2.14. The molecule has 3 aromatic carbocycles. The molecule has 0 aliphatic carbocycles. The van der Waals surface area contributed by atoms with Crippen molar-refractivity contribution < 1.29 is 14.3 Å². The van der Waals surface area contributed by atoms with Gasteiger partial charge in [-0.3, -0.25) is 14.2 Å². The molecule has 8 heteroatoms. The standard InChI is InChI=1S/C27H26N4O3S/c1-18-9-15-23(16-10-18)31-25(17-34-24-7-5-4-6-8-24)29-30-27(31)35-20(3)26(33)28-22-13-11-21(12-14-22)19(2)32/h4-16,20H,17H2,1-3H3,(H,28,33). The second-order valence-electron chi connectivity index (χ2n) is 8.05. The van der Waals surface area contributed by atoms with Crippen LogP contribution in [0.25, 0.3) is 5.69 Å². The van der Waals surface area contributed by atoms with Crippen molar-refractivity contribution in [3.05, 3.63) is 95.8 Å². The molecule has 7 nitrogen and oxygen atoms in total. The number of nitrogens with zero attached hydrogens (tertiary/aromatic N) is 3. The maximum absolute atomic E-state index is 12.9. The van der Waals surface area contributed by atoms with Crippen LogP contribution in [0.1, 0.15) is 35.6 Å². The number of carbonyl (C=O) groups is 2. The number of ketones is 1. The molecule has 1 atom stereocenters. The number of para-hydroxylation sites is 1. The smallest absolute Gasteiger partial charge is 0.237 e.